The third-order valence-electron chi connectivity index (χ3n) is 3.29. The Morgan fingerprint density at radius 2 is 2.18 bits per heavy atom. The Kier molecular flexibility index (Phi) is 7.38. The Balaban J connectivity index is 2.43. The highest BCUT2D eigenvalue weighted by atomic mass is 16.6. The maximum atomic E-state index is 11.7. The third-order valence-corrected chi connectivity index (χ3v) is 3.29. The van der Waals surface area contributed by atoms with Gasteiger partial charge in [0.25, 0.3) is 0 Å². The number of nitrogens with zero attached hydrogens (tertiary/aromatic N) is 1. The molecule has 6 heteroatoms. The van der Waals surface area contributed by atoms with Crippen molar-refractivity contribution in [2.75, 3.05) is 6.54 Å². The van der Waals surface area contributed by atoms with Crippen molar-refractivity contribution in [1.29, 1.82) is 0 Å². The lowest BCUT2D eigenvalue weighted by atomic mass is 10.1. The van der Waals surface area contributed by atoms with Gasteiger partial charge in [0, 0.05) is 24.8 Å². The molecule has 0 fully saturated rings. The molecule has 1 unspecified atom stereocenters. The summed E-state index contributed by atoms with van der Waals surface area (Å²) in [7, 11) is 0. The van der Waals surface area contributed by atoms with E-state index in [4.69, 9.17) is 4.74 Å². The number of nitrogens with one attached hydrogen (secondary N) is 3. The Morgan fingerprint density at radius 1 is 1.45 bits per heavy atom. The van der Waals surface area contributed by atoms with E-state index < -0.39 is 5.60 Å². The number of alkyl carbamates (subject to hydrolysis) is 1. The van der Waals surface area contributed by atoms with Crippen LogP contribution in [0, 0.1) is 6.92 Å². The molecule has 6 nitrogen and oxygen atoms in total. The monoisotopic (exact) mass is 310 g/mol. The fraction of sp³-hybridized carbons (Fsp3) is 0.750. The van der Waals surface area contributed by atoms with Gasteiger partial charge in [0.2, 0.25) is 0 Å². The van der Waals surface area contributed by atoms with E-state index >= 15 is 0 Å². The first-order valence-electron chi connectivity index (χ1n) is 8.01. The lowest BCUT2D eigenvalue weighted by molar-refractivity contribution is 0.0521. The van der Waals surface area contributed by atoms with E-state index in [2.05, 4.69) is 27.5 Å². The van der Waals surface area contributed by atoms with Crippen LogP contribution in [-0.2, 0) is 11.3 Å². The van der Waals surface area contributed by atoms with Crippen LogP contribution < -0.4 is 10.6 Å². The number of amides is 1. The van der Waals surface area contributed by atoms with Gasteiger partial charge in [-0.2, -0.15) is 0 Å². The number of aromatic nitrogens is 2. The molecule has 0 aliphatic rings. The topological polar surface area (TPSA) is 79.0 Å². The summed E-state index contributed by atoms with van der Waals surface area (Å²) in [5.74, 6) is 0. The molecule has 0 saturated carbocycles. The number of H-pyrrole nitrogens is 1. The second kappa shape index (κ2) is 8.78. The zero-order chi connectivity index (χ0) is 16.6. The molecule has 1 aromatic rings. The minimum atomic E-state index is -0.470. The number of ether oxygens (including phenoxy) is 1. The number of imidazole rings is 1. The van der Waals surface area contributed by atoms with Gasteiger partial charge in [0.05, 0.1) is 12.0 Å². The van der Waals surface area contributed by atoms with Crippen molar-refractivity contribution in [3.05, 3.63) is 17.7 Å². The largest absolute Gasteiger partial charge is 0.444 e. The Labute approximate surface area is 133 Å². The van der Waals surface area contributed by atoms with Gasteiger partial charge < -0.3 is 20.4 Å². The quantitative estimate of drug-likeness (QED) is 0.690. The minimum absolute atomic E-state index is 0.212. The summed E-state index contributed by atoms with van der Waals surface area (Å²) < 4.78 is 5.27. The molecule has 1 rings (SSSR count). The second-order valence-electron chi connectivity index (χ2n) is 6.58. The molecule has 3 N–H and O–H groups in total. The van der Waals surface area contributed by atoms with Crippen molar-refractivity contribution in [2.45, 2.75) is 72.1 Å². The first kappa shape index (κ1) is 18.5. The van der Waals surface area contributed by atoms with Crippen LogP contribution in [0.5, 0.6) is 0 Å². The summed E-state index contributed by atoms with van der Waals surface area (Å²) in [6.45, 7) is 11.0. The molecule has 0 spiro atoms. The number of rotatable bonds is 8. The zero-order valence-corrected chi connectivity index (χ0v) is 14.5. The highest BCUT2D eigenvalue weighted by Crippen LogP contribution is 2.07. The smallest absolute Gasteiger partial charge is 0.407 e. The summed E-state index contributed by atoms with van der Waals surface area (Å²) in [5.41, 5.74) is 1.61. The SMILES string of the molecule is CCCCC(CNC(=O)OC(C)(C)C)NCc1nc[nH]c1C. The first-order valence-corrected chi connectivity index (χ1v) is 8.01. The van der Waals surface area contributed by atoms with Gasteiger partial charge >= 0.3 is 6.09 Å². The number of aromatic amines is 1. The number of unbranched alkanes of at least 4 members (excludes halogenated alkanes) is 1. The van der Waals surface area contributed by atoms with Crippen molar-refractivity contribution >= 4 is 6.09 Å². The number of hydrogen-bond donors (Lipinski definition) is 3. The van der Waals surface area contributed by atoms with Crippen LogP contribution >= 0.6 is 0 Å². The highest BCUT2D eigenvalue weighted by Gasteiger charge is 2.17. The summed E-state index contributed by atoms with van der Waals surface area (Å²) >= 11 is 0. The fourth-order valence-corrected chi connectivity index (χ4v) is 2.05. The predicted molar refractivity (Wildman–Crippen MR) is 87.7 cm³/mol. The second-order valence-corrected chi connectivity index (χ2v) is 6.58. The zero-order valence-electron chi connectivity index (χ0n) is 14.5. The summed E-state index contributed by atoms with van der Waals surface area (Å²) in [4.78, 5) is 19.1. The molecule has 0 aliphatic carbocycles. The van der Waals surface area contributed by atoms with Crippen LogP contribution in [0.4, 0.5) is 4.79 Å². The van der Waals surface area contributed by atoms with Gasteiger partial charge in [0.1, 0.15) is 5.60 Å². The number of hydrogen-bond acceptors (Lipinski definition) is 4. The molecule has 0 saturated heterocycles. The standard InChI is InChI=1S/C16H30N4O2/c1-6-7-8-13(9-18-15(21)22-16(3,4)5)17-10-14-12(2)19-11-20-14/h11,13,17H,6-10H2,1-5H3,(H,18,21)(H,19,20). The van der Waals surface area contributed by atoms with Crippen LogP contribution in [0.15, 0.2) is 6.33 Å². The number of aryl methyl sites for hydroxylation is 1. The molecule has 22 heavy (non-hydrogen) atoms. The average Bonchev–Trinajstić information content (AvgIpc) is 2.81. The summed E-state index contributed by atoms with van der Waals surface area (Å²) in [6, 6.07) is 0.212. The molecule has 0 aromatic carbocycles. The lowest BCUT2D eigenvalue weighted by Crippen LogP contribution is -2.42. The van der Waals surface area contributed by atoms with E-state index in [1.165, 1.54) is 0 Å². The predicted octanol–water partition coefficient (Wildman–Crippen LogP) is 2.89. The summed E-state index contributed by atoms with van der Waals surface area (Å²) in [5, 5.41) is 6.30. The normalized spacial score (nSPS) is 13.0. The van der Waals surface area contributed by atoms with Gasteiger partial charge in [-0.3, -0.25) is 0 Å². The molecule has 1 heterocycles. The van der Waals surface area contributed by atoms with E-state index in [9.17, 15) is 4.79 Å². The van der Waals surface area contributed by atoms with E-state index in [-0.39, 0.29) is 12.1 Å². The minimum Gasteiger partial charge on any atom is -0.444 e. The van der Waals surface area contributed by atoms with Gasteiger partial charge in [-0.25, -0.2) is 9.78 Å². The molecular weight excluding hydrogens is 280 g/mol. The van der Waals surface area contributed by atoms with Crippen molar-refractivity contribution in [1.82, 2.24) is 20.6 Å². The molecule has 1 amide bonds. The van der Waals surface area contributed by atoms with Gasteiger partial charge in [0.15, 0.2) is 0 Å². The fourth-order valence-electron chi connectivity index (χ4n) is 2.05. The van der Waals surface area contributed by atoms with E-state index in [1.807, 2.05) is 27.7 Å². The van der Waals surface area contributed by atoms with Crippen LogP contribution in [-0.4, -0.2) is 34.2 Å². The number of carbonyl (C=O) groups is 1. The van der Waals surface area contributed by atoms with E-state index in [0.717, 1.165) is 30.7 Å². The maximum Gasteiger partial charge on any atom is 0.407 e. The van der Waals surface area contributed by atoms with Crippen LogP contribution in [0.2, 0.25) is 0 Å². The molecule has 1 aromatic heterocycles. The molecule has 126 valence electrons. The molecule has 0 aliphatic heterocycles. The van der Waals surface area contributed by atoms with Crippen molar-refractivity contribution in [2.24, 2.45) is 0 Å². The Morgan fingerprint density at radius 3 is 2.73 bits per heavy atom. The van der Waals surface area contributed by atoms with Crippen molar-refractivity contribution in [3.63, 3.8) is 0 Å². The molecule has 0 radical (unpaired) electrons. The Bertz CT molecular complexity index is 451. The van der Waals surface area contributed by atoms with Crippen molar-refractivity contribution < 1.29 is 9.53 Å². The lowest BCUT2D eigenvalue weighted by Gasteiger charge is -2.22. The van der Waals surface area contributed by atoms with Gasteiger partial charge in [-0.1, -0.05) is 19.8 Å². The van der Waals surface area contributed by atoms with Crippen LogP contribution in [0.1, 0.15) is 58.3 Å². The molecular formula is C16H30N4O2. The van der Waals surface area contributed by atoms with Crippen LogP contribution in [0.25, 0.3) is 0 Å². The molecule has 0 bridgehead atoms. The van der Waals surface area contributed by atoms with Gasteiger partial charge in [-0.05, 0) is 34.1 Å². The summed E-state index contributed by atoms with van der Waals surface area (Å²) in [6.07, 6.45) is 4.59. The highest BCUT2D eigenvalue weighted by molar-refractivity contribution is 5.67. The third kappa shape index (κ3) is 7.45. The van der Waals surface area contributed by atoms with E-state index in [1.54, 1.807) is 6.33 Å². The number of carbonyl (C=O) groups excluding carboxylic acids is 1. The average molecular weight is 310 g/mol. The van der Waals surface area contributed by atoms with E-state index in [0.29, 0.717) is 13.1 Å². The molecule has 1 atom stereocenters. The van der Waals surface area contributed by atoms with Crippen molar-refractivity contribution in [3.8, 4) is 0 Å². The van der Waals surface area contributed by atoms with Crippen LogP contribution in [0.3, 0.4) is 0 Å². The Hall–Kier alpha value is -1.56. The van der Waals surface area contributed by atoms with Gasteiger partial charge in [-0.15, -0.1) is 0 Å². The maximum absolute atomic E-state index is 11.7. The first-order chi connectivity index (χ1) is 10.3.